The third-order valence-electron chi connectivity index (χ3n) is 1.58. The zero-order chi connectivity index (χ0) is 9.14. The van der Waals surface area contributed by atoms with Gasteiger partial charge in [0.15, 0.2) is 6.10 Å². The average molecular weight is 170 g/mol. The van der Waals surface area contributed by atoms with E-state index < -0.39 is 24.1 Å². The van der Waals surface area contributed by atoms with Crippen LogP contribution >= 0.6 is 0 Å². The summed E-state index contributed by atoms with van der Waals surface area (Å²) in [6.07, 6.45) is 0.00888. The van der Waals surface area contributed by atoms with Gasteiger partial charge in [0.05, 0.1) is 0 Å². The smallest absolute Gasteiger partial charge is 0.352 e. The number of carbonyl (C=O) groups is 2. The van der Waals surface area contributed by atoms with Crippen LogP contribution in [-0.4, -0.2) is 24.1 Å². The van der Waals surface area contributed by atoms with E-state index in [0.29, 0.717) is 6.42 Å². The fraction of sp³-hybridized carbons (Fsp3) is 0.500. The number of hydrogen-bond donors (Lipinski definition) is 0. The van der Waals surface area contributed by atoms with Crippen LogP contribution in [0.2, 0.25) is 0 Å². The van der Waals surface area contributed by atoms with Gasteiger partial charge in [-0.25, -0.2) is 9.59 Å². The van der Waals surface area contributed by atoms with Crippen molar-refractivity contribution in [3.05, 3.63) is 12.7 Å². The molecule has 1 saturated heterocycles. The average Bonchev–Trinajstić information content (AvgIpc) is 2.08. The fourth-order valence-corrected chi connectivity index (χ4v) is 0.899. The summed E-state index contributed by atoms with van der Waals surface area (Å²) in [5.41, 5.74) is 0. The van der Waals surface area contributed by atoms with Crippen molar-refractivity contribution in [3.8, 4) is 0 Å². The molecule has 0 bridgehead atoms. The van der Waals surface area contributed by atoms with E-state index in [2.05, 4.69) is 6.58 Å². The third-order valence-corrected chi connectivity index (χ3v) is 1.58. The largest absolute Gasteiger partial charge is 0.447 e. The van der Waals surface area contributed by atoms with Crippen LogP contribution in [0.25, 0.3) is 0 Å². The normalized spacial score (nSPS) is 29.1. The minimum atomic E-state index is -0.930. The number of carbonyl (C=O) groups excluding carboxylic acids is 2. The lowest BCUT2D eigenvalue weighted by Gasteiger charge is -2.24. The van der Waals surface area contributed by atoms with Crippen LogP contribution < -0.4 is 0 Å². The molecule has 1 aliphatic rings. The zero-order valence-corrected chi connectivity index (χ0v) is 6.78. The highest BCUT2D eigenvalue weighted by Crippen LogP contribution is 2.13. The van der Waals surface area contributed by atoms with Crippen molar-refractivity contribution in [1.29, 1.82) is 0 Å². The number of hydrogen-bond acceptors (Lipinski definition) is 4. The van der Waals surface area contributed by atoms with E-state index >= 15 is 0 Å². The molecule has 4 heteroatoms. The van der Waals surface area contributed by atoms with E-state index in [4.69, 9.17) is 9.47 Å². The molecule has 1 heterocycles. The van der Waals surface area contributed by atoms with E-state index in [1.54, 1.807) is 6.92 Å². The van der Waals surface area contributed by atoms with Crippen LogP contribution in [0.3, 0.4) is 0 Å². The van der Waals surface area contributed by atoms with Gasteiger partial charge in [-0.3, -0.25) is 0 Å². The molecule has 0 N–H and O–H groups in total. The summed E-state index contributed by atoms with van der Waals surface area (Å²) in [6.45, 7) is 5.09. The van der Waals surface area contributed by atoms with Gasteiger partial charge in [0.2, 0.25) is 6.10 Å². The van der Waals surface area contributed by atoms with Crippen LogP contribution in [0, 0.1) is 0 Å². The topological polar surface area (TPSA) is 52.6 Å². The molecular formula is C8H10O4. The quantitative estimate of drug-likeness (QED) is 0.445. The van der Waals surface area contributed by atoms with Crippen molar-refractivity contribution in [1.82, 2.24) is 0 Å². The molecule has 0 saturated carbocycles. The maximum atomic E-state index is 11.0. The maximum absolute atomic E-state index is 11.0. The molecule has 0 aromatic carbocycles. The summed E-state index contributed by atoms with van der Waals surface area (Å²) in [5, 5.41) is 0. The minimum absolute atomic E-state index is 0.439. The monoisotopic (exact) mass is 170 g/mol. The Morgan fingerprint density at radius 1 is 1.42 bits per heavy atom. The van der Waals surface area contributed by atoms with Crippen LogP contribution in [-0.2, 0) is 19.1 Å². The van der Waals surface area contributed by atoms with Crippen molar-refractivity contribution in [3.63, 3.8) is 0 Å². The van der Waals surface area contributed by atoms with Gasteiger partial charge in [0, 0.05) is 0 Å². The summed E-state index contributed by atoms with van der Waals surface area (Å²) in [4.78, 5) is 22.0. The molecule has 0 aromatic heterocycles. The molecule has 0 spiro atoms. The molecular weight excluding hydrogens is 160 g/mol. The van der Waals surface area contributed by atoms with E-state index in [0.717, 1.165) is 0 Å². The molecule has 12 heavy (non-hydrogen) atoms. The van der Waals surface area contributed by atoms with Crippen molar-refractivity contribution < 1.29 is 19.1 Å². The molecule has 2 atom stereocenters. The first-order chi connectivity index (χ1) is 5.69. The highest BCUT2D eigenvalue weighted by Gasteiger charge is 2.35. The maximum Gasteiger partial charge on any atom is 0.352 e. The van der Waals surface area contributed by atoms with Gasteiger partial charge < -0.3 is 9.47 Å². The second-order valence-electron chi connectivity index (χ2n) is 2.43. The van der Waals surface area contributed by atoms with Crippen LogP contribution in [0.5, 0.6) is 0 Å². The van der Waals surface area contributed by atoms with Crippen LogP contribution in [0.1, 0.15) is 13.3 Å². The summed E-state index contributed by atoms with van der Waals surface area (Å²) >= 11 is 0. The first kappa shape index (κ1) is 8.77. The Morgan fingerprint density at radius 2 is 2.08 bits per heavy atom. The summed E-state index contributed by atoms with van der Waals surface area (Å²) in [7, 11) is 0. The van der Waals surface area contributed by atoms with Gasteiger partial charge >= 0.3 is 11.9 Å². The molecule has 0 aromatic rings. The number of rotatable bonds is 2. The first-order valence-corrected chi connectivity index (χ1v) is 3.72. The molecule has 66 valence electrons. The molecule has 0 radical (unpaired) electrons. The van der Waals surface area contributed by atoms with Crippen molar-refractivity contribution in [2.75, 3.05) is 0 Å². The van der Waals surface area contributed by atoms with E-state index in [-0.39, 0.29) is 0 Å². The van der Waals surface area contributed by atoms with Gasteiger partial charge in [-0.15, -0.1) is 0 Å². The molecule has 1 rings (SSSR count). The lowest BCUT2D eigenvalue weighted by atomic mass is 10.2. The SMILES string of the molecule is C=CC1OC(=O)C(CC)OC1=O. The lowest BCUT2D eigenvalue weighted by Crippen LogP contribution is -2.42. The van der Waals surface area contributed by atoms with E-state index in [1.807, 2.05) is 0 Å². The van der Waals surface area contributed by atoms with E-state index in [9.17, 15) is 9.59 Å². The molecule has 1 fully saturated rings. The summed E-state index contributed by atoms with van der Waals surface area (Å²) in [6, 6.07) is 0. The Kier molecular flexibility index (Phi) is 2.47. The predicted octanol–water partition coefficient (Wildman–Crippen LogP) is 0.420. The molecule has 4 nitrogen and oxygen atoms in total. The third kappa shape index (κ3) is 1.47. The second kappa shape index (κ2) is 3.38. The Labute approximate surface area is 70.1 Å². The van der Waals surface area contributed by atoms with Gasteiger partial charge in [-0.2, -0.15) is 0 Å². The Hall–Kier alpha value is -1.32. The van der Waals surface area contributed by atoms with Gasteiger partial charge in [-0.1, -0.05) is 13.5 Å². The highest BCUT2D eigenvalue weighted by atomic mass is 16.6. The molecule has 2 unspecified atom stereocenters. The highest BCUT2D eigenvalue weighted by molar-refractivity contribution is 5.88. The molecule has 0 amide bonds. The number of cyclic esters (lactones) is 2. The number of esters is 2. The first-order valence-electron chi connectivity index (χ1n) is 3.72. The van der Waals surface area contributed by atoms with Crippen molar-refractivity contribution >= 4 is 11.9 Å². The van der Waals surface area contributed by atoms with Crippen LogP contribution in [0.15, 0.2) is 12.7 Å². The van der Waals surface area contributed by atoms with Crippen molar-refractivity contribution in [2.45, 2.75) is 25.6 Å². The Bertz CT molecular complexity index is 221. The second-order valence-corrected chi connectivity index (χ2v) is 2.43. The zero-order valence-electron chi connectivity index (χ0n) is 6.78. The summed E-state index contributed by atoms with van der Waals surface area (Å²) < 4.78 is 9.49. The lowest BCUT2D eigenvalue weighted by molar-refractivity contribution is -0.191. The van der Waals surface area contributed by atoms with Gasteiger partial charge in [0.1, 0.15) is 0 Å². The molecule has 1 aliphatic heterocycles. The standard InChI is InChI=1S/C8H10O4/c1-3-5-7(9)12-6(4-2)8(10)11-5/h3,5-6H,1,4H2,2H3. The Morgan fingerprint density at radius 3 is 2.58 bits per heavy atom. The van der Waals surface area contributed by atoms with Gasteiger partial charge in [-0.05, 0) is 12.5 Å². The Balaban J connectivity index is 2.67. The van der Waals surface area contributed by atoms with Crippen LogP contribution in [0.4, 0.5) is 0 Å². The molecule has 0 aliphatic carbocycles. The van der Waals surface area contributed by atoms with Gasteiger partial charge in [0.25, 0.3) is 0 Å². The number of ether oxygens (including phenoxy) is 2. The minimum Gasteiger partial charge on any atom is -0.447 e. The fourth-order valence-electron chi connectivity index (χ4n) is 0.899. The summed E-state index contributed by atoms with van der Waals surface area (Å²) in [5.74, 6) is -1.04. The predicted molar refractivity (Wildman–Crippen MR) is 40.2 cm³/mol. The van der Waals surface area contributed by atoms with E-state index in [1.165, 1.54) is 6.08 Å². The van der Waals surface area contributed by atoms with Crippen molar-refractivity contribution in [2.24, 2.45) is 0 Å².